The molecule has 0 aliphatic carbocycles. The van der Waals surface area contributed by atoms with Crippen LogP contribution in [0.2, 0.25) is 5.15 Å². The summed E-state index contributed by atoms with van der Waals surface area (Å²) in [6, 6.07) is 3.20. The SMILES string of the molecule is CC(C)OCCOC(=O)c1cccnc1Cl. The van der Waals surface area contributed by atoms with Crippen LogP contribution < -0.4 is 0 Å². The molecular weight excluding hydrogens is 230 g/mol. The number of carbonyl (C=O) groups is 1. The van der Waals surface area contributed by atoms with Crippen molar-refractivity contribution in [1.29, 1.82) is 0 Å². The molecule has 5 heteroatoms. The average Bonchev–Trinajstić information content (AvgIpc) is 2.24. The van der Waals surface area contributed by atoms with Crippen LogP contribution in [0.1, 0.15) is 24.2 Å². The maximum absolute atomic E-state index is 11.5. The molecule has 1 rings (SSSR count). The van der Waals surface area contributed by atoms with Gasteiger partial charge in [-0.3, -0.25) is 0 Å². The van der Waals surface area contributed by atoms with Crippen LogP contribution in [0.5, 0.6) is 0 Å². The molecule has 1 heterocycles. The van der Waals surface area contributed by atoms with Crippen LogP contribution in [0.25, 0.3) is 0 Å². The summed E-state index contributed by atoms with van der Waals surface area (Å²) in [7, 11) is 0. The topological polar surface area (TPSA) is 48.4 Å². The van der Waals surface area contributed by atoms with Crippen LogP contribution in [0.4, 0.5) is 0 Å². The summed E-state index contributed by atoms with van der Waals surface area (Å²) in [5.74, 6) is -0.481. The second kappa shape index (κ2) is 6.45. The lowest BCUT2D eigenvalue weighted by Crippen LogP contribution is -2.14. The summed E-state index contributed by atoms with van der Waals surface area (Å²) < 4.78 is 10.2. The zero-order chi connectivity index (χ0) is 12.0. The summed E-state index contributed by atoms with van der Waals surface area (Å²) in [6.45, 7) is 4.42. The number of halogens is 1. The van der Waals surface area contributed by atoms with Gasteiger partial charge in [-0.2, -0.15) is 0 Å². The third kappa shape index (κ3) is 4.16. The lowest BCUT2D eigenvalue weighted by molar-refractivity contribution is 0.0177. The molecule has 0 atom stereocenters. The fraction of sp³-hybridized carbons (Fsp3) is 0.455. The molecule has 0 saturated heterocycles. The number of carbonyl (C=O) groups excluding carboxylic acids is 1. The number of rotatable bonds is 5. The van der Waals surface area contributed by atoms with Gasteiger partial charge in [0.15, 0.2) is 0 Å². The highest BCUT2D eigenvalue weighted by Gasteiger charge is 2.11. The van der Waals surface area contributed by atoms with Gasteiger partial charge in [-0.05, 0) is 26.0 Å². The van der Waals surface area contributed by atoms with Crippen molar-refractivity contribution in [3.05, 3.63) is 29.0 Å². The van der Waals surface area contributed by atoms with E-state index >= 15 is 0 Å². The van der Waals surface area contributed by atoms with Crippen molar-refractivity contribution >= 4 is 17.6 Å². The smallest absolute Gasteiger partial charge is 0.341 e. The first-order chi connectivity index (χ1) is 7.61. The largest absolute Gasteiger partial charge is 0.460 e. The van der Waals surface area contributed by atoms with E-state index in [4.69, 9.17) is 21.1 Å². The first kappa shape index (κ1) is 12.9. The second-order valence-electron chi connectivity index (χ2n) is 3.40. The Balaban J connectivity index is 2.39. The first-order valence-corrected chi connectivity index (χ1v) is 5.38. The number of pyridine rings is 1. The highest BCUT2D eigenvalue weighted by Crippen LogP contribution is 2.12. The third-order valence-electron chi connectivity index (χ3n) is 1.75. The van der Waals surface area contributed by atoms with Gasteiger partial charge in [0.2, 0.25) is 0 Å². The van der Waals surface area contributed by atoms with Gasteiger partial charge in [0, 0.05) is 6.20 Å². The Kier molecular flexibility index (Phi) is 5.22. The molecule has 16 heavy (non-hydrogen) atoms. The summed E-state index contributed by atoms with van der Waals surface area (Å²) in [6.07, 6.45) is 1.64. The minimum absolute atomic E-state index is 0.126. The van der Waals surface area contributed by atoms with Crippen LogP contribution in [0.15, 0.2) is 18.3 Å². The monoisotopic (exact) mass is 243 g/mol. The minimum Gasteiger partial charge on any atom is -0.460 e. The van der Waals surface area contributed by atoms with Gasteiger partial charge in [0.05, 0.1) is 18.3 Å². The molecular formula is C11H14ClNO3. The normalized spacial score (nSPS) is 10.5. The Morgan fingerprint density at radius 2 is 2.25 bits per heavy atom. The number of ether oxygens (including phenoxy) is 2. The van der Waals surface area contributed by atoms with E-state index < -0.39 is 5.97 Å². The molecule has 0 amide bonds. The number of nitrogens with zero attached hydrogens (tertiary/aromatic N) is 1. The van der Waals surface area contributed by atoms with Crippen molar-refractivity contribution in [2.75, 3.05) is 13.2 Å². The van der Waals surface area contributed by atoms with Crippen LogP contribution in [0.3, 0.4) is 0 Å². The van der Waals surface area contributed by atoms with Gasteiger partial charge >= 0.3 is 5.97 Å². The zero-order valence-electron chi connectivity index (χ0n) is 9.27. The Morgan fingerprint density at radius 3 is 2.88 bits per heavy atom. The highest BCUT2D eigenvalue weighted by molar-refractivity contribution is 6.32. The highest BCUT2D eigenvalue weighted by atomic mass is 35.5. The average molecular weight is 244 g/mol. The molecule has 1 aromatic heterocycles. The van der Waals surface area contributed by atoms with Gasteiger partial charge in [-0.15, -0.1) is 0 Å². The van der Waals surface area contributed by atoms with E-state index in [-0.39, 0.29) is 23.4 Å². The fourth-order valence-electron chi connectivity index (χ4n) is 1.03. The molecule has 88 valence electrons. The molecule has 1 aromatic rings. The zero-order valence-corrected chi connectivity index (χ0v) is 10.0. The summed E-state index contributed by atoms with van der Waals surface area (Å²) in [5, 5.41) is 0.150. The lowest BCUT2D eigenvalue weighted by atomic mass is 10.3. The number of esters is 1. The Hall–Kier alpha value is -1.13. The Bertz CT molecular complexity index is 355. The van der Waals surface area contributed by atoms with E-state index in [1.165, 1.54) is 6.20 Å². The second-order valence-corrected chi connectivity index (χ2v) is 3.76. The standard InChI is InChI=1S/C11H14ClNO3/c1-8(2)15-6-7-16-11(14)9-4-3-5-13-10(9)12/h3-5,8H,6-7H2,1-2H3. The van der Waals surface area contributed by atoms with E-state index in [1.807, 2.05) is 13.8 Å². The van der Waals surface area contributed by atoms with Crippen molar-refractivity contribution < 1.29 is 14.3 Å². The minimum atomic E-state index is -0.481. The molecule has 0 fully saturated rings. The molecule has 0 radical (unpaired) electrons. The molecule has 0 spiro atoms. The van der Waals surface area contributed by atoms with Crippen LogP contribution in [-0.4, -0.2) is 30.3 Å². The van der Waals surface area contributed by atoms with E-state index in [0.717, 1.165) is 0 Å². The quantitative estimate of drug-likeness (QED) is 0.452. The lowest BCUT2D eigenvalue weighted by Gasteiger charge is -2.08. The van der Waals surface area contributed by atoms with Crippen LogP contribution in [-0.2, 0) is 9.47 Å². The van der Waals surface area contributed by atoms with Crippen molar-refractivity contribution in [3.63, 3.8) is 0 Å². The summed E-state index contributed by atoms with van der Waals surface area (Å²) in [4.78, 5) is 15.3. The maximum atomic E-state index is 11.5. The van der Waals surface area contributed by atoms with Gasteiger partial charge < -0.3 is 9.47 Å². The van der Waals surface area contributed by atoms with E-state index in [1.54, 1.807) is 12.1 Å². The maximum Gasteiger partial charge on any atom is 0.341 e. The van der Waals surface area contributed by atoms with Gasteiger partial charge in [0.25, 0.3) is 0 Å². The molecule has 0 aliphatic heterocycles. The van der Waals surface area contributed by atoms with Crippen molar-refractivity contribution in [2.45, 2.75) is 20.0 Å². The summed E-state index contributed by atoms with van der Waals surface area (Å²) in [5.41, 5.74) is 0.272. The van der Waals surface area contributed by atoms with Gasteiger partial charge in [-0.25, -0.2) is 9.78 Å². The molecule has 0 saturated carbocycles. The van der Waals surface area contributed by atoms with Crippen molar-refractivity contribution in [2.24, 2.45) is 0 Å². The first-order valence-electron chi connectivity index (χ1n) is 5.00. The molecule has 0 aromatic carbocycles. The third-order valence-corrected chi connectivity index (χ3v) is 2.05. The molecule has 0 bridgehead atoms. The van der Waals surface area contributed by atoms with E-state index in [2.05, 4.69) is 4.98 Å². The molecule has 0 N–H and O–H groups in total. The van der Waals surface area contributed by atoms with Crippen LogP contribution in [0, 0.1) is 0 Å². The fourth-order valence-corrected chi connectivity index (χ4v) is 1.23. The molecule has 0 aliphatic rings. The van der Waals surface area contributed by atoms with Gasteiger partial charge in [-0.1, -0.05) is 11.6 Å². The summed E-state index contributed by atoms with van der Waals surface area (Å²) >= 11 is 5.74. The van der Waals surface area contributed by atoms with Crippen molar-refractivity contribution in [1.82, 2.24) is 4.98 Å². The molecule has 0 unspecified atom stereocenters. The van der Waals surface area contributed by atoms with Gasteiger partial charge in [0.1, 0.15) is 11.8 Å². The number of aromatic nitrogens is 1. The number of hydrogen-bond acceptors (Lipinski definition) is 4. The Labute approximate surface area is 99.5 Å². The van der Waals surface area contributed by atoms with Crippen molar-refractivity contribution in [3.8, 4) is 0 Å². The molecule has 4 nitrogen and oxygen atoms in total. The Morgan fingerprint density at radius 1 is 1.50 bits per heavy atom. The van der Waals surface area contributed by atoms with E-state index in [9.17, 15) is 4.79 Å². The predicted octanol–water partition coefficient (Wildman–Crippen LogP) is 2.32. The van der Waals surface area contributed by atoms with E-state index in [0.29, 0.717) is 6.61 Å². The van der Waals surface area contributed by atoms with Crippen LogP contribution >= 0.6 is 11.6 Å². The predicted molar refractivity (Wildman–Crippen MR) is 60.6 cm³/mol. The number of hydrogen-bond donors (Lipinski definition) is 0.